The molecule has 4 saturated heterocycles. The smallest absolute Gasteiger partial charge is 0.410 e. The van der Waals surface area contributed by atoms with Crippen molar-refractivity contribution in [1.82, 2.24) is 80.7 Å². The molecule has 12 atom stereocenters. The zero-order valence-corrected chi connectivity index (χ0v) is 76.1. The number of hydrogen-bond donors (Lipinski definition) is 9. The molecule has 16 rings (SSSR count). The number of carboxylic acids is 1. The van der Waals surface area contributed by atoms with E-state index >= 15 is 0 Å². The van der Waals surface area contributed by atoms with Crippen LogP contribution in [0.2, 0.25) is 0 Å². The second kappa shape index (κ2) is 37.5. The maximum absolute atomic E-state index is 14.0. The summed E-state index contributed by atoms with van der Waals surface area (Å²) in [7, 11) is 5.07. The van der Waals surface area contributed by atoms with Gasteiger partial charge >= 0.3 is 36.4 Å². The molecule has 6 aliphatic rings. The minimum atomic E-state index is -1.06. The Balaban J connectivity index is 0.000000194. The Morgan fingerprint density at radius 1 is 0.461 bits per heavy atom. The highest BCUT2D eigenvalue weighted by molar-refractivity contribution is 6.08. The van der Waals surface area contributed by atoms with Gasteiger partial charge in [0.25, 0.3) is 0 Å². The van der Waals surface area contributed by atoms with Gasteiger partial charge in [0.05, 0.1) is 98.5 Å². The van der Waals surface area contributed by atoms with E-state index in [2.05, 4.69) is 133 Å². The summed E-state index contributed by atoms with van der Waals surface area (Å²) in [5, 5.41) is 23.0. The number of carbonyl (C=O) groups is 9. The van der Waals surface area contributed by atoms with Crippen LogP contribution in [0.15, 0.2) is 97.3 Å². The van der Waals surface area contributed by atoms with Crippen LogP contribution in [0.5, 0.6) is 11.5 Å². The zero-order chi connectivity index (χ0) is 91.9. The van der Waals surface area contributed by atoms with Gasteiger partial charge in [-0.3, -0.25) is 19.3 Å². The van der Waals surface area contributed by atoms with E-state index in [1.54, 1.807) is 18.7 Å². The average Bonchev–Trinajstić information content (AvgIpc) is 1.68. The van der Waals surface area contributed by atoms with Gasteiger partial charge in [-0.25, -0.2) is 48.7 Å². The van der Waals surface area contributed by atoms with Crippen molar-refractivity contribution in [3.63, 3.8) is 0 Å². The van der Waals surface area contributed by atoms with Gasteiger partial charge < -0.3 is 94.2 Å². The van der Waals surface area contributed by atoms with Crippen LogP contribution >= 0.6 is 0 Å². The number of carboxylic acid groups (broad SMARTS) is 1. The number of aromatic amines is 4. The van der Waals surface area contributed by atoms with Crippen LogP contribution < -0.4 is 30.7 Å². The number of amides is 8. The van der Waals surface area contributed by atoms with E-state index in [4.69, 9.17) is 53.5 Å². The Kier molecular flexibility index (Phi) is 26.8. The quantitative estimate of drug-likeness (QED) is 0.0360. The van der Waals surface area contributed by atoms with Crippen LogP contribution in [0.3, 0.4) is 0 Å². The molecule has 4 fully saturated rings. The van der Waals surface area contributed by atoms with Gasteiger partial charge in [0.1, 0.15) is 77.8 Å². The second-order valence-corrected chi connectivity index (χ2v) is 37.0. The first-order chi connectivity index (χ1) is 60.9. The Labute approximate surface area is 744 Å². The van der Waals surface area contributed by atoms with Gasteiger partial charge in [0.15, 0.2) is 0 Å². The van der Waals surface area contributed by atoms with Crippen LogP contribution in [0.1, 0.15) is 202 Å². The molecular formula is C95H120N16O17. The van der Waals surface area contributed by atoms with E-state index in [1.807, 2.05) is 115 Å². The first-order valence-electron chi connectivity index (χ1n) is 44.0. The lowest BCUT2D eigenvalue weighted by Gasteiger charge is -2.32. The molecule has 8 amide bonds. The molecule has 0 radical (unpaired) electrons. The molecule has 4 aromatic heterocycles. The summed E-state index contributed by atoms with van der Waals surface area (Å²) in [6.07, 6.45) is 5.44. The summed E-state index contributed by atoms with van der Waals surface area (Å²) < 4.78 is 37.3. The fourth-order valence-corrected chi connectivity index (χ4v) is 18.5. The Morgan fingerprint density at radius 2 is 0.844 bits per heavy atom. The van der Waals surface area contributed by atoms with E-state index in [9.17, 15) is 43.2 Å². The molecular weight excluding hydrogens is 1640 g/mol. The van der Waals surface area contributed by atoms with E-state index < -0.39 is 60.1 Å². The number of ether oxygens (including phenoxy) is 7. The van der Waals surface area contributed by atoms with Gasteiger partial charge in [-0.05, 0) is 201 Å². The number of rotatable bonds is 18. The third-order valence-corrected chi connectivity index (χ3v) is 25.1. The van der Waals surface area contributed by atoms with Crippen molar-refractivity contribution in [2.45, 2.75) is 222 Å². The molecule has 2 unspecified atom stereocenters. The number of fused-ring (bicyclic) bond motifs is 12. The van der Waals surface area contributed by atoms with E-state index in [-0.39, 0.29) is 91.1 Å². The number of aromatic nitrogens is 8. The molecule has 33 heteroatoms. The number of aliphatic carboxylic acids is 1. The van der Waals surface area contributed by atoms with Gasteiger partial charge in [0, 0.05) is 48.5 Å². The summed E-state index contributed by atoms with van der Waals surface area (Å²) in [5.74, 6) is 3.00. The molecule has 0 saturated carbocycles. The second-order valence-electron chi connectivity index (χ2n) is 37.0. The van der Waals surface area contributed by atoms with Crippen LogP contribution in [-0.4, -0.2) is 202 Å². The third kappa shape index (κ3) is 18.9. The first-order valence-corrected chi connectivity index (χ1v) is 44.0. The summed E-state index contributed by atoms with van der Waals surface area (Å²) in [4.78, 5) is 153. The SMILES string of the molecule is COC(=O)N[C@H](C(=O)N1C[C@@H](C)CC1c1ncc(-c2ccc3c(c2)COc2cc4c(ccc5[nH]c([C@@H]6CC[C@H](C)N6C(=O)[C@@H](NC(=O)OC)C(C)C)nc54)cc2-3)[nH]1)C(C)C.COC(=O)N[C@H](C(=O)N1[C@@H](C)CC[C@H]1c1nc2c(ccc3cc4c(cc32)OCc2cc(-c3cnc(C5C[C@H](C)CN5C(=O)OC(C)(C)C)[nH]3)ccc2-4)[nH]1)C(C)C.COC(=O)N[C@H](C(=O)O)C(C)C.[HH]. The molecule has 0 spiro atoms. The predicted octanol–water partition coefficient (Wildman–Crippen LogP) is 16.5. The molecule has 0 bridgehead atoms. The van der Waals surface area contributed by atoms with E-state index in [1.165, 1.54) is 28.4 Å². The lowest BCUT2D eigenvalue weighted by Crippen LogP contribution is -2.52. The third-order valence-electron chi connectivity index (χ3n) is 25.1. The van der Waals surface area contributed by atoms with Crippen molar-refractivity contribution < 1.29 is 82.8 Å². The molecule has 10 heterocycles. The van der Waals surface area contributed by atoms with Crippen LogP contribution in [-0.2, 0) is 56.1 Å². The highest BCUT2D eigenvalue weighted by Gasteiger charge is 2.46. The number of methoxy groups -OCH3 is 4. The maximum atomic E-state index is 14.0. The summed E-state index contributed by atoms with van der Waals surface area (Å²) >= 11 is 0. The number of carbonyl (C=O) groups excluding carboxylic acids is 8. The lowest BCUT2D eigenvalue weighted by molar-refractivity contribution is -0.140. The van der Waals surface area contributed by atoms with Gasteiger partial charge in [-0.2, -0.15) is 0 Å². The van der Waals surface area contributed by atoms with Crippen molar-refractivity contribution in [3.05, 3.63) is 132 Å². The van der Waals surface area contributed by atoms with Gasteiger partial charge in [-0.15, -0.1) is 0 Å². The summed E-state index contributed by atoms with van der Waals surface area (Å²) in [5.41, 5.74) is 12.8. The lowest BCUT2D eigenvalue weighted by atomic mass is 9.92. The summed E-state index contributed by atoms with van der Waals surface area (Å²) in [6, 6.07) is 25.3. The minimum absolute atomic E-state index is 0. The number of H-pyrrole nitrogens is 4. The molecule has 0 aliphatic carbocycles. The molecule has 682 valence electrons. The van der Waals surface area contributed by atoms with Crippen LogP contribution in [0.4, 0.5) is 24.0 Å². The number of nitrogens with zero attached hydrogens (tertiary/aromatic N) is 8. The monoisotopic (exact) mass is 1760 g/mol. The van der Waals surface area contributed by atoms with Gasteiger partial charge in [-0.1, -0.05) is 106 Å². The Hall–Kier alpha value is -13.0. The average molecular weight is 1760 g/mol. The fourth-order valence-electron chi connectivity index (χ4n) is 18.5. The minimum Gasteiger partial charge on any atom is -0.488 e. The number of alkyl carbamates (subject to hydrolysis) is 4. The molecule has 33 nitrogen and oxygen atoms in total. The molecule has 6 aliphatic heterocycles. The summed E-state index contributed by atoms with van der Waals surface area (Å²) in [6.45, 7) is 30.8. The van der Waals surface area contributed by atoms with Crippen LogP contribution in [0, 0.1) is 35.5 Å². The number of hydrogen-bond acceptors (Lipinski definition) is 20. The molecule has 10 aromatic rings. The Bertz CT molecular complexity index is 5890. The normalized spacial score (nSPS) is 20.2. The van der Waals surface area contributed by atoms with Crippen molar-refractivity contribution in [3.8, 4) is 56.3 Å². The first kappa shape index (κ1) is 91.2. The number of likely N-dealkylation sites (tertiary alicyclic amines) is 4. The van der Waals surface area contributed by atoms with Crippen LogP contribution in [0.25, 0.3) is 88.4 Å². The van der Waals surface area contributed by atoms with Crippen molar-refractivity contribution in [1.29, 1.82) is 0 Å². The zero-order valence-electron chi connectivity index (χ0n) is 76.1. The predicted molar refractivity (Wildman–Crippen MR) is 483 cm³/mol. The largest absolute Gasteiger partial charge is 0.488 e. The number of imidazole rings is 4. The maximum Gasteiger partial charge on any atom is 0.410 e. The van der Waals surface area contributed by atoms with E-state index in [0.29, 0.717) is 43.9 Å². The Morgan fingerprint density at radius 3 is 1.23 bits per heavy atom. The number of nitrogens with one attached hydrogen (secondary N) is 8. The van der Waals surface area contributed by atoms with E-state index in [0.717, 1.165) is 161 Å². The highest BCUT2D eigenvalue weighted by Crippen LogP contribution is 2.48. The molecule has 9 N–H and O–H groups in total. The highest BCUT2D eigenvalue weighted by atomic mass is 16.6. The van der Waals surface area contributed by atoms with Crippen molar-refractivity contribution in [2.75, 3.05) is 41.5 Å². The fraction of sp³-hybridized carbons (Fsp3) is 0.484. The number of benzene rings is 6. The molecule has 6 aromatic carbocycles. The topological polar surface area (TPSA) is 414 Å². The van der Waals surface area contributed by atoms with Gasteiger partial charge in [0.2, 0.25) is 17.7 Å². The standard InChI is InChI=1S/C45H54N8O7.C43H51N7O6.C7H13NO4.H2/c1-22(2)37(50-44(56)58-7)42(54)52-20-24(5)15-35(52)40-46-19-33(48-40)27-10-12-29-28(16-27)21-60-36-18-30-26(17-31(29)36)11-13-32-39(30)49-41(47-32)34-14-9-25(6)53(34)43(55)38(23(3)4)51-45(57)59-8;1-22(2)36(48-41(52)54-8)40(51)50-24(4)9-14-33(50)39-45-31-13-11-25-17-30-28-12-10-26(16-27(28)21-55-35(30)18-29(25)37(31)47-39)32-19-44-38(46-32)34-15-23(3)20-49(34)42(53)56-43(5,6)7;1-4(2)5(6(9)10)8-7(11)12-3;/h10-13,16-19,22-25,34-35,37-38H,9,14-15,20-21H2,1-8H3,(H,46,48)(H,47,49)(H,50,56)(H,51,57);10-13,16-19,22-24,33-34,36H,9,14-15,20-21H2,1-8H3,(H,44,46)(H,45,47)(H,48,52);4-5H,1-3H3,(H,8,11)(H,9,10);1H/t24-,25-,34-,35?,37-,38-;23-,24-,33-,34?,36-;5-;/m000./s1. The van der Waals surface area contributed by atoms with Crippen molar-refractivity contribution >= 4 is 97.8 Å². The molecule has 128 heavy (non-hydrogen) atoms. The van der Waals surface area contributed by atoms with Crippen molar-refractivity contribution in [2.24, 2.45) is 35.5 Å².